The van der Waals surface area contributed by atoms with Crippen molar-refractivity contribution >= 4 is 23.2 Å². The standard InChI is InChI=1S/C20H28N4OS/c1-15(12-18-8-5-11-26-18)14-24-20(22-3)23-10-9-16-6-4-7-17(13-16)19(25)21-2/h4-8,11,13,15H,9-10,12,14H2,1-3H3,(H,21,25)(H2,22,23,24). The second kappa shape index (κ2) is 10.6. The van der Waals surface area contributed by atoms with Gasteiger partial charge in [0.25, 0.3) is 5.91 Å². The van der Waals surface area contributed by atoms with Crippen molar-refractivity contribution in [2.45, 2.75) is 19.8 Å². The lowest BCUT2D eigenvalue weighted by Gasteiger charge is -2.15. The van der Waals surface area contributed by atoms with Crippen molar-refractivity contribution in [2.24, 2.45) is 10.9 Å². The normalized spacial score (nSPS) is 12.5. The van der Waals surface area contributed by atoms with Crippen LogP contribution in [0.15, 0.2) is 46.8 Å². The summed E-state index contributed by atoms with van der Waals surface area (Å²) in [6.45, 7) is 3.88. The molecule has 140 valence electrons. The second-order valence-corrected chi connectivity index (χ2v) is 7.33. The molecule has 26 heavy (non-hydrogen) atoms. The quantitative estimate of drug-likeness (QED) is 0.493. The van der Waals surface area contributed by atoms with Gasteiger partial charge in [0.15, 0.2) is 5.96 Å². The zero-order valence-electron chi connectivity index (χ0n) is 15.7. The molecule has 5 nitrogen and oxygen atoms in total. The van der Waals surface area contributed by atoms with E-state index >= 15 is 0 Å². The first-order valence-corrected chi connectivity index (χ1v) is 9.78. The Hall–Kier alpha value is -2.34. The molecular weight excluding hydrogens is 344 g/mol. The summed E-state index contributed by atoms with van der Waals surface area (Å²) in [5, 5.41) is 11.5. The largest absolute Gasteiger partial charge is 0.356 e. The fraction of sp³-hybridized carbons (Fsp3) is 0.400. The van der Waals surface area contributed by atoms with Gasteiger partial charge in [0.2, 0.25) is 0 Å². The average molecular weight is 373 g/mol. The smallest absolute Gasteiger partial charge is 0.251 e. The molecule has 0 bridgehead atoms. The van der Waals surface area contributed by atoms with Gasteiger partial charge >= 0.3 is 0 Å². The van der Waals surface area contributed by atoms with Gasteiger partial charge in [0.1, 0.15) is 0 Å². The number of guanidine groups is 1. The highest BCUT2D eigenvalue weighted by atomic mass is 32.1. The molecular formula is C20H28N4OS. The maximum Gasteiger partial charge on any atom is 0.251 e. The number of hydrogen-bond acceptors (Lipinski definition) is 3. The van der Waals surface area contributed by atoms with Crippen molar-refractivity contribution in [3.63, 3.8) is 0 Å². The lowest BCUT2D eigenvalue weighted by atomic mass is 10.1. The monoisotopic (exact) mass is 372 g/mol. The van der Waals surface area contributed by atoms with Gasteiger partial charge in [0, 0.05) is 37.6 Å². The minimum Gasteiger partial charge on any atom is -0.356 e. The highest BCUT2D eigenvalue weighted by Gasteiger charge is 2.07. The van der Waals surface area contributed by atoms with Gasteiger partial charge in [-0.1, -0.05) is 25.1 Å². The third-order valence-electron chi connectivity index (χ3n) is 4.09. The van der Waals surface area contributed by atoms with Crippen LogP contribution in [0.3, 0.4) is 0 Å². The first-order valence-electron chi connectivity index (χ1n) is 8.90. The number of amides is 1. The number of aliphatic imine (C=N–C) groups is 1. The van der Waals surface area contributed by atoms with Gasteiger partial charge < -0.3 is 16.0 Å². The van der Waals surface area contributed by atoms with Crippen molar-refractivity contribution in [1.29, 1.82) is 0 Å². The number of nitrogens with one attached hydrogen (secondary N) is 3. The van der Waals surface area contributed by atoms with Crippen molar-refractivity contribution in [1.82, 2.24) is 16.0 Å². The summed E-state index contributed by atoms with van der Waals surface area (Å²) in [5.74, 6) is 1.29. The number of benzene rings is 1. The fourth-order valence-electron chi connectivity index (χ4n) is 2.67. The van der Waals surface area contributed by atoms with E-state index in [2.05, 4.69) is 45.4 Å². The molecule has 1 unspecified atom stereocenters. The van der Waals surface area contributed by atoms with Gasteiger partial charge in [0.05, 0.1) is 0 Å². The van der Waals surface area contributed by atoms with Crippen LogP contribution in [0.25, 0.3) is 0 Å². The lowest BCUT2D eigenvalue weighted by Crippen LogP contribution is -2.40. The number of carbonyl (C=O) groups excluding carboxylic acids is 1. The van der Waals surface area contributed by atoms with Crippen LogP contribution < -0.4 is 16.0 Å². The van der Waals surface area contributed by atoms with E-state index < -0.39 is 0 Å². The van der Waals surface area contributed by atoms with Crippen LogP contribution in [0.4, 0.5) is 0 Å². The summed E-state index contributed by atoms with van der Waals surface area (Å²) in [5.41, 5.74) is 1.81. The van der Waals surface area contributed by atoms with Gasteiger partial charge in [-0.25, -0.2) is 0 Å². The molecule has 0 saturated heterocycles. The van der Waals surface area contributed by atoms with E-state index in [9.17, 15) is 4.79 Å². The number of thiophene rings is 1. The molecule has 1 atom stereocenters. The maximum absolute atomic E-state index is 11.7. The lowest BCUT2D eigenvalue weighted by molar-refractivity contribution is 0.0963. The predicted octanol–water partition coefficient (Wildman–Crippen LogP) is 2.69. The second-order valence-electron chi connectivity index (χ2n) is 6.30. The number of hydrogen-bond donors (Lipinski definition) is 3. The zero-order valence-corrected chi connectivity index (χ0v) is 16.5. The number of carbonyl (C=O) groups is 1. The SMILES string of the molecule is CN=C(NCCc1cccc(C(=O)NC)c1)NCC(C)Cc1cccs1. The van der Waals surface area contributed by atoms with E-state index in [4.69, 9.17) is 0 Å². The molecule has 2 aromatic rings. The van der Waals surface area contributed by atoms with Gasteiger partial charge in [-0.3, -0.25) is 9.79 Å². The van der Waals surface area contributed by atoms with Crippen LogP contribution in [-0.2, 0) is 12.8 Å². The molecule has 1 amide bonds. The van der Waals surface area contributed by atoms with Crippen molar-refractivity contribution in [2.75, 3.05) is 27.2 Å². The van der Waals surface area contributed by atoms with Crippen LogP contribution in [0.5, 0.6) is 0 Å². The van der Waals surface area contributed by atoms with E-state index in [1.807, 2.05) is 24.3 Å². The summed E-state index contributed by atoms with van der Waals surface area (Å²) in [6, 6.07) is 12.0. The zero-order chi connectivity index (χ0) is 18.8. The van der Waals surface area contributed by atoms with E-state index in [-0.39, 0.29) is 5.91 Å². The molecule has 0 aliphatic heterocycles. The Balaban J connectivity index is 1.74. The van der Waals surface area contributed by atoms with E-state index in [0.717, 1.165) is 37.5 Å². The summed E-state index contributed by atoms with van der Waals surface area (Å²) >= 11 is 1.81. The Kier molecular flexibility index (Phi) is 8.15. The first kappa shape index (κ1) is 20.0. The van der Waals surface area contributed by atoms with Crippen molar-refractivity contribution < 1.29 is 4.79 Å². The van der Waals surface area contributed by atoms with Crippen molar-refractivity contribution in [3.8, 4) is 0 Å². The fourth-order valence-corrected chi connectivity index (χ4v) is 3.54. The third-order valence-corrected chi connectivity index (χ3v) is 4.99. The molecule has 3 N–H and O–H groups in total. The molecule has 0 aliphatic carbocycles. The molecule has 0 fully saturated rings. The Morgan fingerprint density at radius 1 is 1.23 bits per heavy atom. The van der Waals surface area contributed by atoms with E-state index in [1.165, 1.54) is 4.88 Å². The highest BCUT2D eigenvalue weighted by molar-refractivity contribution is 7.09. The maximum atomic E-state index is 11.7. The Labute approximate surface area is 159 Å². The first-order chi connectivity index (χ1) is 12.6. The van der Waals surface area contributed by atoms with Gasteiger partial charge in [-0.05, 0) is 47.9 Å². The van der Waals surface area contributed by atoms with Crippen LogP contribution in [0, 0.1) is 5.92 Å². The van der Waals surface area contributed by atoms with Gasteiger partial charge in [-0.2, -0.15) is 0 Å². The molecule has 6 heteroatoms. The summed E-state index contributed by atoms with van der Waals surface area (Å²) in [6.07, 6.45) is 1.91. The molecule has 0 radical (unpaired) electrons. The Bertz CT molecular complexity index is 712. The summed E-state index contributed by atoms with van der Waals surface area (Å²) < 4.78 is 0. The molecule has 0 aliphatic rings. The van der Waals surface area contributed by atoms with Gasteiger partial charge in [-0.15, -0.1) is 11.3 Å². The van der Waals surface area contributed by atoms with E-state index in [0.29, 0.717) is 11.5 Å². The summed E-state index contributed by atoms with van der Waals surface area (Å²) in [7, 11) is 3.43. The van der Waals surface area contributed by atoms with Crippen LogP contribution in [0.2, 0.25) is 0 Å². The number of rotatable bonds is 8. The number of nitrogens with zero attached hydrogens (tertiary/aromatic N) is 1. The Morgan fingerprint density at radius 3 is 2.77 bits per heavy atom. The molecule has 1 aromatic heterocycles. The molecule has 1 heterocycles. The Morgan fingerprint density at radius 2 is 2.08 bits per heavy atom. The minimum absolute atomic E-state index is 0.0583. The third kappa shape index (κ3) is 6.52. The van der Waals surface area contributed by atoms with Crippen LogP contribution in [0.1, 0.15) is 27.7 Å². The highest BCUT2D eigenvalue weighted by Crippen LogP contribution is 2.13. The summed E-state index contributed by atoms with van der Waals surface area (Å²) in [4.78, 5) is 17.4. The molecule has 2 rings (SSSR count). The topological polar surface area (TPSA) is 65.5 Å². The van der Waals surface area contributed by atoms with E-state index in [1.54, 1.807) is 25.4 Å². The minimum atomic E-state index is -0.0583. The van der Waals surface area contributed by atoms with Crippen LogP contribution >= 0.6 is 11.3 Å². The van der Waals surface area contributed by atoms with Crippen LogP contribution in [-0.4, -0.2) is 39.1 Å². The molecule has 1 aromatic carbocycles. The average Bonchev–Trinajstić information content (AvgIpc) is 3.17. The van der Waals surface area contributed by atoms with Crippen molar-refractivity contribution in [3.05, 3.63) is 57.8 Å². The predicted molar refractivity (Wildman–Crippen MR) is 110 cm³/mol. The molecule has 0 spiro atoms. The molecule has 0 saturated carbocycles.